The molecule has 0 aromatic heterocycles. The van der Waals surface area contributed by atoms with Crippen molar-refractivity contribution in [3.05, 3.63) is 22.2 Å². The van der Waals surface area contributed by atoms with Gasteiger partial charge in [0, 0.05) is 12.0 Å². The van der Waals surface area contributed by atoms with Crippen LogP contribution in [0.4, 0.5) is 0 Å². The molecule has 0 fully saturated rings. The van der Waals surface area contributed by atoms with Crippen LogP contribution < -0.4 is 4.74 Å². The Balaban J connectivity index is 3.15. The number of aldehydes is 1. The molecule has 0 radical (unpaired) electrons. The Bertz CT molecular complexity index is 375. The van der Waals surface area contributed by atoms with Crippen molar-refractivity contribution < 1.29 is 14.6 Å². The Morgan fingerprint density at radius 1 is 1.60 bits per heavy atom. The summed E-state index contributed by atoms with van der Waals surface area (Å²) in [6.45, 7) is 1.73. The zero-order valence-corrected chi connectivity index (χ0v) is 9.47. The van der Waals surface area contributed by atoms with Gasteiger partial charge >= 0.3 is 0 Å². The molecule has 0 aliphatic rings. The maximum Gasteiger partial charge on any atom is 0.144 e. The van der Waals surface area contributed by atoms with Crippen molar-refractivity contribution in [1.82, 2.24) is 0 Å². The first kappa shape index (κ1) is 11.9. The lowest BCUT2D eigenvalue weighted by Gasteiger charge is -2.12. The Kier molecular flexibility index (Phi) is 3.97. The molecule has 0 amide bonds. The summed E-state index contributed by atoms with van der Waals surface area (Å²) in [5.41, 5.74) is 1.27. The predicted octanol–water partition coefficient (Wildman–Crippen LogP) is 2.49. The van der Waals surface area contributed by atoms with E-state index in [2.05, 4.69) is 0 Å². The van der Waals surface area contributed by atoms with Crippen molar-refractivity contribution in [2.75, 3.05) is 7.11 Å². The van der Waals surface area contributed by atoms with Gasteiger partial charge in [-0.1, -0.05) is 11.6 Å². The van der Waals surface area contributed by atoms with Crippen LogP contribution in [0.1, 0.15) is 17.5 Å². The zero-order valence-electron chi connectivity index (χ0n) is 8.71. The number of aromatic hydroxyl groups is 1. The van der Waals surface area contributed by atoms with Crippen molar-refractivity contribution in [3.63, 3.8) is 0 Å². The van der Waals surface area contributed by atoms with E-state index in [-0.39, 0.29) is 5.75 Å². The molecule has 1 aromatic rings. The number of phenols is 1. The zero-order chi connectivity index (χ0) is 11.4. The minimum atomic E-state index is 0.151. The summed E-state index contributed by atoms with van der Waals surface area (Å²) in [7, 11) is 1.50. The van der Waals surface area contributed by atoms with Crippen LogP contribution in [-0.2, 0) is 11.2 Å². The van der Waals surface area contributed by atoms with Crippen LogP contribution in [-0.4, -0.2) is 18.5 Å². The second kappa shape index (κ2) is 5.03. The lowest BCUT2D eigenvalue weighted by Crippen LogP contribution is -1.94. The first-order valence-electron chi connectivity index (χ1n) is 4.60. The minimum absolute atomic E-state index is 0.151. The molecule has 0 unspecified atom stereocenters. The number of aryl methyl sites for hydroxylation is 1. The van der Waals surface area contributed by atoms with E-state index in [1.807, 2.05) is 0 Å². The predicted molar refractivity (Wildman–Crippen MR) is 58.8 cm³/mol. The Hall–Kier alpha value is -1.22. The molecule has 0 heterocycles. The van der Waals surface area contributed by atoms with Gasteiger partial charge in [-0.3, -0.25) is 0 Å². The van der Waals surface area contributed by atoms with Gasteiger partial charge in [-0.25, -0.2) is 0 Å². The lowest BCUT2D eigenvalue weighted by atomic mass is 10.0. The third kappa shape index (κ3) is 2.42. The molecule has 3 nitrogen and oxygen atoms in total. The summed E-state index contributed by atoms with van der Waals surface area (Å²) < 4.78 is 5.05. The summed E-state index contributed by atoms with van der Waals surface area (Å²) in [6.07, 6.45) is 1.67. The van der Waals surface area contributed by atoms with Crippen molar-refractivity contribution in [3.8, 4) is 11.5 Å². The van der Waals surface area contributed by atoms with Gasteiger partial charge in [-0.05, 0) is 25.0 Å². The molecular formula is C11H13ClO3. The number of rotatable bonds is 4. The topological polar surface area (TPSA) is 46.5 Å². The van der Waals surface area contributed by atoms with Crippen LogP contribution in [0.25, 0.3) is 0 Å². The number of carbonyl (C=O) groups excluding carboxylic acids is 1. The van der Waals surface area contributed by atoms with Crippen molar-refractivity contribution >= 4 is 17.9 Å². The fourth-order valence-electron chi connectivity index (χ4n) is 1.47. The number of hydrogen-bond donors (Lipinski definition) is 1. The molecule has 0 atom stereocenters. The van der Waals surface area contributed by atoms with Gasteiger partial charge in [-0.15, -0.1) is 0 Å². The van der Waals surface area contributed by atoms with Gasteiger partial charge in [-0.2, -0.15) is 0 Å². The van der Waals surface area contributed by atoms with E-state index in [4.69, 9.17) is 16.3 Å². The van der Waals surface area contributed by atoms with Crippen molar-refractivity contribution in [2.45, 2.75) is 19.8 Å². The van der Waals surface area contributed by atoms with E-state index < -0.39 is 0 Å². The van der Waals surface area contributed by atoms with Crippen LogP contribution in [0.15, 0.2) is 6.07 Å². The number of hydrogen-bond acceptors (Lipinski definition) is 3. The highest BCUT2D eigenvalue weighted by Gasteiger charge is 2.13. The van der Waals surface area contributed by atoms with Gasteiger partial charge in [0.1, 0.15) is 17.8 Å². The molecule has 1 aromatic carbocycles. The number of benzene rings is 1. The molecule has 0 saturated heterocycles. The maximum absolute atomic E-state index is 10.2. The van der Waals surface area contributed by atoms with Crippen LogP contribution in [0, 0.1) is 6.92 Å². The molecule has 4 heteroatoms. The van der Waals surface area contributed by atoms with E-state index in [1.54, 1.807) is 13.0 Å². The third-order valence-corrected chi connectivity index (χ3v) is 2.53. The highest BCUT2D eigenvalue weighted by atomic mass is 35.5. The second-order valence-electron chi connectivity index (χ2n) is 3.23. The first-order valence-corrected chi connectivity index (χ1v) is 4.98. The number of halogens is 1. The fraction of sp³-hybridized carbons (Fsp3) is 0.364. The van der Waals surface area contributed by atoms with Gasteiger partial charge in [0.2, 0.25) is 0 Å². The molecule has 0 spiro atoms. The monoisotopic (exact) mass is 228 g/mol. The fourth-order valence-corrected chi connectivity index (χ4v) is 1.82. The SMILES string of the molecule is COc1c(Cl)cc(CCC=O)c(O)c1C. The molecule has 1 rings (SSSR count). The summed E-state index contributed by atoms with van der Waals surface area (Å²) in [4.78, 5) is 10.2. The Morgan fingerprint density at radius 2 is 2.27 bits per heavy atom. The van der Waals surface area contributed by atoms with Crippen LogP contribution >= 0.6 is 11.6 Å². The molecule has 0 bridgehead atoms. The number of phenolic OH excluding ortho intramolecular Hbond substituents is 1. The first-order chi connectivity index (χ1) is 7.11. The average molecular weight is 229 g/mol. The molecule has 82 valence electrons. The maximum atomic E-state index is 10.2. The smallest absolute Gasteiger partial charge is 0.144 e. The second-order valence-corrected chi connectivity index (χ2v) is 3.64. The molecule has 15 heavy (non-hydrogen) atoms. The van der Waals surface area contributed by atoms with Crippen molar-refractivity contribution in [1.29, 1.82) is 0 Å². The van der Waals surface area contributed by atoms with Crippen LogP contribution in [0.3, 0.4) is 0 Å². The average Bonchev–Trinajstić information content (AvgIpc) is 2.22. The molecule has 0 saturated carbocycles. The van der Waals surface area contributed by atoms with Gasteiger partial charge in [0.05, 0.1) is 12.1 Å². The summed E-state index contributed by atoms with van der Waals surface area (Å²) in [6, 6.07) is 1.63. The van der Waals surface area contributed by atoms with Crippen molar-refractivity contribution in [2.24, 2.45) is 0 Å². The lowest BCUT2D eigenvalue weighted by molar-refractivity contribution is -0.107. The van der Waals surface area contributed by atoms with E-state index in [9.17, 15) is 9.90 Å². The van der Waals surface area contributed by atoms with Crippen LogP contribution in [0.2, 0.25) is 5.02 Å². The number of carbonyl (C=O) groups is 1. The number of ether oxygens (including phenoxy) is 1. The van der Waals surface area contributed by atoms with Gasteiger partial charge in [0.25, 0.3) is 0 Å². The molecule has 0 aliphatic heterocycles. The largest absolute Gasteiger partial charge is 0.507 e. The Labute approximate surface area is 93.6 Å². The standard InChI is InChI=1S/C11H13ClO3/c1-7-10(14)8(4-3-5-13)6-9(12)11(7)15-2/h5-6,14H,3-4H2,1-2H3. The molecular weight excluding hydrogens is 216 g/mol. The number of methoxy groups -OCH3 is 1. The van der Waals surface area contributed by atoms with E-state index in [0.29, 0.717) is 34.7 Å². The molecule has 0 aliphatic carbocycles. The van der Waals surface area contributed by atoms with Crippen LogP contribution in [0.5, 0.6) is 11.5 Å². The van der Waals surface area contributed by atoms with E-state index in [0.717, 1.165) is 6.29 Å². The molecule has 1 N–H and O–H groups in total. The Morgan fingerprint density at radius 3 is 2.80 bits per heavy atom. The quantitative estimate of drug-likeness (QED) is 0.806. The summed E-state index contributed by atoms with van der Waals surface area (Å²) in [5, 5.41) is 10.3. The highest BCUT2D eigenvalue weighted by Crippen LogP contribution is 2.37. The third-order valence-electron chi connectivity index (χ3n) is 2.25. The normalized spacial score (nSPS) is 10.1. The van der Waals surface area contributed by atoms with E-state index in [1.165, 1.54) is 7.11 Å². The highest BCUT2D eigenvalue weighted by molar-refractivity contribution is 6.32. The summed E-state index contributed by atoms with van der Waals surface area (Å²) in [5.74, 6) is 0.627. The van der Waals surface area contributed by atoms with E-state index >= 15 is 0 Å². The minimum Gasteiger partial charge on any atom is -0.507 e. The summed E-state index contributed by atoms with van der Waals surface area (Å²) >= 11 is 5.96. The van der Waals surface area contributed by atoms with Gasteiger partial charge in [0.15, 0.2) is 0 Å². The van der Waals surface area contributed by atoms with Gasteiger partial charge < -0.3 is 14.6 Å².